The normalized spacial score (nSPS) is 17.6. The summed E-state index contributed by atoms with van der Waals surface area (Å²) in [5, 5.41) is 1.10. The molecule has 0 atom stereocenters. The summed E-state index contributed by atoms with van der Waals surface area (Å²) in [4.78, 5) is 10.9. The highest BCUT2D eigenvalue weighted by atomic mass is 32.2. The number of rotatable bonds is 4. The van der Waals surface area contributed by atoms with Crippen molar-refractivity contribution in [3.63, 3.8) is 0 Å². The molecule has 2 rings (SSSR count). The first-order valence-corrected chi connectivity index (χ1v) is 6.97. The molecule has 0 N–H and O–H groups in total. The van der Waals surface area contributed by atoms with Gasteiger partial charge in [0.25, 0.3) is 0 Å². The van der Waals surface area contributed by atoms with Gasteiger partial charge < -0.3 is 4.90 Å². The van der Waals surface area contributed by atoms with Crippen LogP contribution >= 0.6 is 11.8 Å². The van der Waals surface area contributed by atoms with Crippen molar-refractivity contribution in [2.45, 2.75) is 31.2 Å². The number of aromatic nitrogens is 2. The molecule has 2 heterocycles. The Kier molecular flexibility index (Phi) is 4.60. The van der Waals surface area contributed by atoms with Crippen LogP contribution in [0.15, 0.2) is 17.4 Å². The maximum absolute atomic E-state index is 4.26. The largest absolute Gasteiger partial charge is 0.303 e. The van der Waals surface area contributed by atoms with E-state index >= 15 is 0 Å². The average molecular weight is 237 g/mol. The molecular formula is C12H19N3S. The SMILES string of the molecule is Cc1cc(SCCN2CCCCC2)ncn1. The Balaban J connectivity index is 1.71. The lowest BCUT2D eigenvalue weighted by Gasteiger charge is -2.25. The van der Waals surface area contributed by atoms with Crippen molar-refractivity contribution in [2.24, 2.45) is 0 Å². The lowest BCUT2D eigenvalue weighted by molar-refractivity contribution is 0.242. The number of hydrogen-bond acceptors (Lipinski definition) is 4. The fourth-order valence-corrected chi connectivity index (χ4v) is 2.91. The van der Waals surface area contributed by atoms with Gasteiger partial charge in [-0.05, 0) is 38.9 Å². The van der Waals surface area contributed by atoms with Gasteiger partial charge in [0.15, 0.2) is 0 Å². The van der Waals surface area contributed by atoms with E-state index in [1.165, 1.54) is 38.9 Å². The highest BCUT2D eigenvalue weighted by molar-refractivity contribution is 7.99. The van der Waals surface area contributed by atoms with E-state index in [4.69, 9.17) is 0 Å². The van der Waals surface area contributed by atoms with Gasteiger partial charge in [0.1, 0.15) is 6.33 Å². The standard InChI is InChI=1S/C12H19N3S/c1-11-9-12(14-10-13-11)16-8-7-15-5-3-2-4-6-15/h9-10H,2-8H2,1H3. The summed E-state index contributed by atoms with van der Waals surface area (Å²) in [5.41, 5.74) is 1.05. The lowest BCUT2D eigenvalue weighted by atomic mass is 10.1. The maximum atomic E-state index is 4.26. The molecule has 0 aromatic carbocycles. The van der Waals surface area contributed by atoms with E-state index in [-0.39, 0.29) is 0 Å². The molecular weight excluding hydrogens is 218 g/mol. The van der Waals surface area contributed by atoms with Crippen molar-refractivity contribution in [2.75, 3.05) is 25.4 Å². The van der Waals surface area contributed by atoms with Crippen LogP contribution in [0.2, 0.25) is 0 Å². The van der Waals surface area contributed by atoms with Crippen LogP contribution in [0.3, 0.4) is 0 Å². The predicted octanol–water partition coefficient (Wildman–Crippen LogP) is 2.36. The highest BCUT2D eigenvalue weighted by Crippen LogP contribution is 2.16. The summed E-state index contributed by atoms with van der Waals surface area (Å²) in [7, 11) is 0. The summed E-state index contributed by atoms with van der Waals surface area (Å²) in [6, 6.07) is 2.06. The van der Waals surface area contributed by atoms with Crippen LogP contribution in [0.4, 0.5) is 0 Å². The number of nitrogens with zero attached hydrogens (tertiary/aromatic N) is 3. The number of hydrogen-bond donors (Lipinski definition) is 0. The molecule has 1 aromatic heterocycles. The van der Waals surface area contributed by atoms with Crippen LogP contribution < -0.4 is 0 Å². The van der Waals surface area contributed by atoms with Crippen molar-refractivity contribution in [3.05, 3.63) is 18.1 Å². The topological polar surface area (TPSA) is 29.0 Å². The zero-order valence-electron chi connectivity index (χ0n) is 9.85. The Bertz CT molecular complexity index is 324. The molecule has 1 aromatic rings. The Hall–Kier alpha value is -0.610. The molecule has 16 heavy (non-hydrogen) atoms. The molecule has 1 fully saturated rings. The van der Waals surface area contributed by atoms with Crippen molar-refractivity contribution in [3.8, 4) is 0 Å². The van der Waals surface area contributed by atoms with Crippen LogP contribution in [0.25, 0.3) is 0 Å². The lowest BCUT2D eigenvalue weighted by Crippen LogP contribution is -2.31. The fourth-order valence-electron chi connectivity index (χ4n) is 1.97. The molecule has 4 heteroatoms. The van der Waals surface area contributed by atoms with E-state index in [9.17, 15) is 0 Å². The van der Waals surface area contributed by atoms with Gasteiger partial charge in [0, 0.05) is 18.0 Å². The van der Waals surface area contributed by atoms with Gasteiger partial charge in [-0.25, -0.2) is 9.97 Å². The molecule has 88 valence electrons. The fraction of sp³-hybridized carbons (Fsp3) is 0.667. The van der Waals surface area contributed by atoms with Crippen molar-refractivity contribution >= 4 is 11.8 Å². The van der Waals surface area contributed by atoms with Crippen LogP contribution in [0.5, 0.6) is 0 Å². The van der Waals surface area contributed by atoms with E-state index in [0.717, 1.165) is 16.5 Å². The maximum Gasteiger partial charge on any atom is 0.116 e. The number of piperidine rings is 1. The smallest absolute Gasteiger partial charge is 0.116 e. The Morgan fingerprint density at radius 3 is 2.81 bits per heavy atom. The van der Waals surface area contributed by atoms with Crippen LogP contribution in [-0.2, 0) is 0 Å². The quantitative estimate of drug-likeness (QED) is 0.594. The van der Waals surface area contributed by atoms with Gasteiger partial charge in [0.2, 0.25) is 0 Å². The summed E-state index contributed by atoms with van der Waals surface area (Å²) in [6.07, 6.45) is 5.81. The average Bonchev–Trinajstić information content (AvgIpc) is 2.30. The third kappa shape index (κ3) is 3.76. The van der Waals surface area contributed by atoms with Crippen molar-refractivity contribution in [1.82, 2.24) is 14.9 Å². The van der Waals surface area contributed by atoms with Gasteiger partial charge in [-0.15, -0.1) is 11.8 Å². The first-order valence-electron chi connectivity index (χ1n) is 5.98. The Morgan fingerprint density at radius 2 is 2.06 bits per heavy atom. The summed E-state index contributed by atoms with van der Waals surface area (Å²) >= 11 is 1.84. The van der Waals surface area contributed by atoms with Gasteiger partial charge in [-0.1, -0.05) is 6.42 Å². The zero-order chi connectivity index (χ0) is 11.2. The van der Waals surface area contributed by atoms with E-state index < -0.39 is 0 Å². The first kappa shape index (κ1) is 11.9. The van der Waals surface area contributed by atoms with Crippen molar-refractivity contribution in [1.29, 1.82) is 0 Å². The second kappa shape index (κ2) is 6.21. The van der Waals surface area contributed by atoms with E-state index in [0.29, 0.717) is 0 Å². The van der Waals surface area contributed by atoms with E-state index in [2.05, 4.69) is 20.9 Å². The first-order chi connectivity index (χ1) is 7.84. The Morgan fingerprint density at radius 1 is 1.25 bits per heavy atom. The molecule has 0 aliphatic carbocycles. The van der Waals surface area contributed by atoms with Gasteiger partial charge in [0.05, 0.1) is 5.03 Å². The molecule has 1 saturated heterocycles. The molecule has 0 saturated carbocycles. The minimum absolute atomic E-state index is 1.05. The van der Waals surface area contributed by atoms with Crippen LogP contribution in [0, 0.1) is 6.92 Å². The monoisotopic (exact) mass is 237 g/mol. The number of thioether (sulfide) groups is 1. The second-order valence-corrected chi connectivity index (χ2v) is 5.36. The minimum atomic E-state index is 1.05. The van der Waals surface area contributed by atoms with Gasteiger partial charge in [-0.3, -0.25) is 0 Å². The number of aryl methyl sites for hydroxylation is 1. The summed E-state index contributed by atoms with van der Waals surface area (Å²) in [5.74, 6) is 1.14. The predicted molar refractivity (Wildman–Crippen MR) is 67.8 cm³/mol. The van der Waals surface area contributed by atoms with Crippen LogP contribution in [-0.4, -0.2) is 40.3 Å². The minimum Gasteiger partial charge on any atom is -0.303 e. The number of likely N-dealkylation sites (tertiary alicyclic amines) is 1. The van der Waals surface area contributed by atoms with E-state index in [1.807, 2.05) is 18.7 Å². The van der Waals surface area contributed by atoms with Gasteiger partial charge in [-0.2, -0.15) is 0 Å². The molecule has 0 bridgehead atoms. The third-order valence-corrected chi connectivity index (χ3v) is 3.79. The Labute approximate surface area is 102 Å². The van der Waals surface area contributed by atoms with Crippen LogP contribution in [0.1, 0.15) is 25.0 Å². The van der Waals surface area contributed by atoms with Gasteiger partial charge >= 0.3 is 0 Å². The molecule has 1 aliphatic rings. The second-order valence-electron chi connectivity index (χ2n) is 4.25. The molecule has 0 radical (unpaired) electrons. The third-order valence-electron chi connectivity index (χ3n) is 2.88. The molecule has 0 amide bonds. The zero-order valence-corrected chi connectivity index (χ0v) is 10.7. The molecule has 0 unspecified atom stereocenters. The van der Waals surface area contributed by atoms with E-state index in [1.54, 1.807) is 6.33 Å². The summed E-state index contributed by atoms with van der Waals surface area (Å²) in [6.45, 7) is 5.76. The summed E-state index contributed by atoms with van der Waals surface area (Å²) < 4.78 is 0. The van der Waals surface area contributed by atoms with Crippen molar-refractivity contribution < 1.29 is 0 Å². The molecule has 0 spiro atoms. The molecule has 1 aliphatic heterocycles. The molecule has 3 nitrogen and oxygen atoms in total. The highest BCUT2D eigenvalue weighted by Gasteiger charge is 2.09.